The van der Waals surface area contributed by atoms with Crippen LogP contribution in [0, 0.1) is 0 Å². The average molecular weight is 145 g/mol. The van der Waals surface area contributed by atoms with Gasteiger partial charge in [-0.25, -0.2) is 4.79 Å². The van der Waals surface area contributed by atoms with Gasteiger partial charge in [0.25, 0.3) is 0 Å². The fourth-order valence-corrected chi connectivity index (χ4v) is 0.579. The standard InChI is InChI=1S/C5H7NO4/c1-3-6-9-2-4(10-3)5(7)8/h4H,2H2,1H3,(H,7,8). The van der Waals surface area contributed by atoms with Crippen LogP contribution in [0.3, 0.4) is 0 Å². The summed E-state index contributed by atoms with van der Waals surface area (Å²) in [5, 5.41) is 11.8. The first kappa shape index (κ1) is 6.85. The fourth-order valence-electron chi connectivity index (χ4n) is 0.579. The first-order chi connectivity index (χ1) is 4.70. The second kappa shape index (κ2) is 2.55. The van der Waals surface area contributed by atoms with Crippen LogP contribution in [0.15, 0.2) is 5.16 Å². The van der Waals surface area contributed by atoms with Crippen molar-refractivity contribution in [3.05, 3.63) is 0 Å². The summed E-state index contributed by atoms with van der Waals surface area (Å²) in [5.41, 5.74) is 0. The Morgan fingerprint density at radius 2 is 2.60 bits per heavy atom. The van der Waals surface area contributed by atoms with E-state index in [1.54, 1.807) is 0 Å². The predicted octanol–water partition coefficient (Wildman–Crippen LogP) is -0.180. The molecule has 10 heavy (non-hydrogen) atoms. The van der Waals surface area contributed by atoms with Gasteiger partial charge in [-0.15, -0.1) is 0 Å². The molecule has 1 aliphatic rings. The summed E-state index contributed by atoms with van der Waals surface area (Å²) in [6, 6.07) is 0. The molecule has 5 nitrogen and oxygen atoms in total. The van der Waals surface area contributed by atoms with Crippen LogP contribution < -0.4 is 0 Å². The van der Waals surface area contributed by atoms with E-state index in [9.17, 15) is 4.79 Å². The molecule has 1 atom stereocenters. The lowest BCUT2D eigenvalue weighted by molar-refractivity contribution is -0.150. The monoisotopic (exact) mass is 145 g/mol. The Hall–Kier alpha value is -1.26. The van der Waals surface area contributed by atoms with Gasteiger partial charge in [0.2, 0.25) is 12.0 Å². The molecule has 0 bridgehead atoms. The van der Waals surface area contributed by atoms with Crippen molar-refractivity contribution in [2.45, 2.75) is 13.0 Å². The second-order valence-electron chi connectivity index (χ2n) is 1.85. The minimum absolute atomic E-state index is 0.0212. The molecule has 1 rings (SSSR count). The third-order valence-corrected chi connectivity index (χ3v) is 1.01. The van der Waals surface area contributed by atoms with Gasteiger partial charge in [0.05, 0.1) is 0 Å². The highest BCUT2D eigenvalue weighted by atomic mass is 16.7. The zero-order valence-corrected chi connectivity index (χ0v) is 5.40. The predicted molar refractivity (Wildman–Crippen MR) is 31.6 cm³/mol. The summed E-state index contributed by atoms with van der Waals surface area (Å²) in [6.07, 6.45) is -0.905. The summed E-state index contributed by atoms with van der Waals surface area (Å²) < 4.78 is 4.77. The van der Waals surface area contributed by atoms with Crippen molar-refractivity contribution in [1.29, 1.82) is 0 Å². The smallest absolute Gasteiger partial charge is 0.348 e. The molecular formula is C5H7NO4. The van der Waals surface area contributed by atoms with Crippen molar-refractivity contribution in [3.8, 4) is 0 Å². The first-order valence-electron chi connectivity index (χ1n) is 2.76. The Bertz CT molecular complexity index is 176. The molecule has 0 aromatic carbocycles. The summed E-state index contributed by atoms with van der Waals surface area (Å²) in [6.45, 7) is 1.52. The lowest BCUT2D eigenvalue weighted by atomic mass is 10.4. The van der Waals surface area contributed by atoms with Crippen molar-refractivity contribution in [3.63, 3.8) is 0 Å². The topological polar surface area (TPSA) is 68.1 Å². The highest BCUT2D eigenvalue weighted by Gasteiger charge is 2.23. The van der Waals surface area contributed by atoms with Crippen molar-refractivity contribution in [1.82, 2.24) is 0 Å². The van der Waals surface area contributed by atoms with Gasteiger partial charge in [0, 0.05) is 6.92 Å². The Labute approximate surface area is 57.2 Å². The second-order valence-corrected chi connectivity index (χ2v) is 1.85. The first-order valence-corrected chi connectivity index (χ1v) is 2.76. The largest absolute Gasteiger partial charge is 0.478 e. The zero-order chi connectivity index (χ0) is 7.56. The number of carbonyl (C=O) groups is 1. The number of nitrogens with zero attached hydrogens (tertiary/aromatic N) is 1. The molecule has 0 fully saturated rings. The van der Waals surface area contributed by atoms with E-state index in [1.165, 1.54) is 6.92 Å². The summed E-state index contributed by atoms with van der Waals surface area (Å²) >= 11 is 0. The molecule has 1 unspecified atom stereocenters. The molecule has 0 saturated heterocycles. The number of hydrogen-bond acceptors (Lipinski definition) is 4. The normalized spacial score (nSPS) is 24.1. The van der Waals surface area contributed by atoms with E-state index in [4.69, 9.17) is 9.84 Å². The fraction of sp³-hybridized carbons (Fsp3) is 0.600. The van der Waals surface area contributed by atoms with Crippen molar-refractivity contribution < 1.29 is 19.5 Å². The number of ether oxygens (including phenoxy) is 1. The van der Waals surface area contributed by atoms with Crippen LogP contribution in [-0.4, -0.2) is 29.7 Å². The Morgan fingerprint density at radius 1 is 1.90 bits per heavy atom. The Kier molecular flexibility index (Phi) is 1.75. The zero-order valence-electron chi connectivity index (χ0n) is 5.40. The summed E-state index contributed by atoms with van der Waals surface area (Å²) in [7, 11) is 0. The van der Waals surface area contributed by atoms with Crippen LogP contribution >= 0.6 is 0 Å². The quantitative estimate of drug-likeness (QED) is 0.555. The molecule has 0 spiro atoms. The van der Waals surface area contributed by atoms with E-state index in [0.29, 0.717) is 0 Å². The van der Waals surface area contributed by atoms with Crippen molar-refractivity contribution >= 4 is 11.9 Å². The van der Waals surface area contributed by atoms with Gasteiger partial charge < -0.3 is 14.7 Å². The molecule has 1 heterocycles. The molecule has 0 amide bonds. The van der Waals surface area contributed by atoms with Crippen LogP contribution in [0.5, 0.6) is 0 Å². The van der Waals surface area contributed by atoms with E-state index in [1.807, 2.05) is 0 Å². The summed E-state index contributed by atoms with van der Waals surface area (Å²) in [4.78, 5) is 14.8. The maximum absolute atomic E-state index is 10.2. The Balaban J connectivity index is 2.53. The van der Waals surface area contributed by atoms with Gasteiger partial charge in [-0.2, -0.15) is 0 Å². The minimum Gasteiger partial charge on any atom is -0.478 e. The molecule has 0 saturated carbocycles. The molecule has 1 N–H and O–H groups in total. The molecule has 0 aromatic heterocycles. The highest BCUT2D eigenvalue weighted by molar-refractivity contribution is 5.80. The van der Waals surface area contributed by atoms with Gasteiger partial charge in [0.1, 0.15) is 0 Å². The number of carboxylic acids is 1. The third kappa shape index (κ3) is 1.37. The molecule has 0 radical (unpaired) electrons. The van der Waals surface area contributed by atoms with Crippen molar-refractivity contribution in [2.24, 2.45) is 5.16 Å². The van der Waals surface area contributed by atoms with Gasteiger partial charge in [-0.1, -0.05) is 5.16 Å². The maximum Gasteiger partial charge on any atom is 0.348 e. The van der Waals surface area contributed by atoms with E-state index in [0.717, 1.165) is 0 Å². The Morgan fingerprint density at radius 3 is 3.00 bits per heavy atom. The number of rotatable bonds is 1. The highest BCUT2D eigenvalue weighted by Crippen LogP contribution is 2.02. The van der Waals surface area contributed by atoms with Crippen LogP contribution in [0.25, 0.3) is 0 Å². The molecule has 0 aromatic rings. The molecular weight excluding hydrogens is 138 g/mol. The maximum atomic E-state index is 10.2. The molecule has 5 heteroatoms. The van der Waals surface area contributed by atoms with E-state index in [2.05, 4.69) is 9.99 Å². The number of carboxylic acid groups (broad SMARTS) is 1. The number of hydrogen-bond donors (Lipinski definition) is 1. The van der Waals surface area contributed by atoms with Crippen molar-refractivity contribution in [2.75, 3.05) is 6.61 Å². The number of aliphatic carboxylic acids is 1. The van der Waals surface area contributed by atoms with Gasteiger partial charge in [0.15, 0.2) is 6.61 Å². The van der Waals surface area contributed by atoms with E-state index in [-0.39, 0.29) is 12.5 Å². The van der Waals surface area contributed by atoms with Crippen LogP contribution in [0.2, 0.25) is 0 Å². The molecule has 1 aliphatic heterocycles. The lowest BCUT2D eigenvalue weighted by Gasteiger charge is -2.17. The lowest BCUT2D eigenvalue weighted by Crippen LogP contribution is -2.33. The van der Waals surface area contributed by atoms with Crippen LogP contribution in [0.4, 0.5) is 0 Å². The summed E-state index contributed by atoms with van der Waals surface area (Å²) in [5.74, 6) is -0.784. The number of oxime groups is 1. The van der Waals surface area contributed by atoms with Crippen LogP contribution in [-0.2, 0) is 14.4 Å². The average Bonchev–Trinajstić information content (AvgIpc) is 1.88. The van der Waals surface area contributed by atoms with E-state index < -0.39 is 12.1 Å². The SMILES string of the molecule is CC1=NOCC(C(=O)O)O1. The third-order valence-electron chi connectivity index (χ3n) is 1.01. The van der Waals surface area contributed by atoms with Gasteiger partial charge >= 0.3 is 5.97 Å². The van der Waals surface area contributed by atoms with E-state index >= 15 is 0 Å². The van der Waals surface area contributed by atoms with Gasteiger partial charge in [-0.3, -0.25) is 0 Å². The molecule has 0 aliphatic carbocycles. The van der Waals surface area contributed by atoms with Gasteiger partial charge in [-0.05, 0) is 0 Å². The molecule has 56 valence electrons. The van der Waals surface area contributed by atoms with Crippen LogP contribution in [0.1, 0.15) is 6.92 Å². The minimum atomic E-state index is -1.03.